The number of carbonyl (C=O) groups is 2. The van der Waals surface area contributed by atoms with E-state index in [-0.39, 0.29) is 17.5 Å². The number of hydrogen-bond donors (Lipinski definition) is 0. The normalized spacial score (nSPS) is 12.2. The summed E-state index contributed by atoms with van der Waals surface area (Å²) in [5, 5.41) is 0.688. The highest BCUT2D eigenvalue weighted by Gasteiger charge is 2.28. The quantitative estimate of drug-likeness (QED) is 0.473. The predicted octanol–water partition coefficient (Wildman–Crippen LogP) is 2.73. The van der Waals surface area contributed by atoms with Crippen molar-refractivity contribution in [3.05, 3.63) is 78.1 Å². The van der Waals surface area contributed by atoms with E-state index in [9.17, 15) is 9.59 Å². The summed E-state index contributed by atoms with van der Waals surface area (Å²) >= 11 is 0. The number of hydrogen-bond acceptors (Lipinski definition) is 5. The lowest BCUT2D eigenvalue weighted by atomic mass is 9.87. The average Bonchev–Trinajstić information content (AvgIpc) is 3.19. The summed E-state index contributed by atoms with van der Waals surface area (Å²) in [6, 6.07) is 12.6. The maximum Gasteiger partial charge on any atom is 0.300 e. The third-order valence-electron chi connectivity index (χ3n) is 4.32. The lowest BCUT2D eigenvalue weighted by molar-refractivity contribution is 0.0949. The van der Waals surface area contributed by atoms with E-state index in [1.165, 1.54) is 17.1 Å². The van der Waals surface area contributed by atoms with Gasteiger partial charge in [-0.25, -0.2) is 15.0 Å². The topological polar surface area (TPSA) is 77.7 Å². The molecule has 0 bridgehead atoms. The van der Waals surface area contributed by atoms with Gasteiger partial charge in [-0.05, 0) is 6.07 Å². The van der Waals surface area contributed by atoms with E-state index in [4.69, 9.17) is 0 Å². The largest absolute Gasteiger partial charge is 0.300 e. The first-order valence-electron chi connectivity index (χ1n) is 7.71. The molecule has 0 aliphatic heterocycles. The summed E-state index contributed by atoms with van der Waals surface area (Å²) in [5.41, 5.74) is 3.06. The molecule has 0 N–H and O–H groups in total. The molecule has 6 nitrogen and oxygen atoms in total. The van der Waals surface area contributed by atoms with E-state index in [1.54, 1.807) is 30.5 Å². The maximum absolute atomic E-state index is 12.8. The van der Waals surface area contributed by atoms with E-state index in [1.807, 2.05) is 18.2 Å². The first-order chi connectivity index (χ1) is 12.2. The van der Waals surface area contributed by atoms with Crippen molar-refractivity contribution in [3.63, 3.8) is 0 Å². The molecule has 0 spiro atoms. The number of fused-ring (bicyclic) bond motifs is 2. The number of imidazole rings is 1. The van der Waals surface area contributed by atoms with Crippen LogP contribution in [0, 0.1) is 0 Å². The maximum atomic E-state index is 12.8. The number of ketones is 1. The van der Waals surface area contributed by atoms with Gasteiger partial charge in [0.1, 0.15) is 6.33 Å². The Labute approximate surface area is 141 Å². The van der Waals surface area contributed by atoms with Gasteiger partial charge in [-0.15, -0.1) is 0 Å². The Morgan fingerprint density at radius 2 is 1.72 bits per heavy atom. The molecule has 2 heterocycles. The van der Waals surface area contributed by atoms with Gasteiger partial charge in [0.15, 0.2) is 5.78 Å². The second-order valence-electron chi connectivity index (χ2n) is 5.75. The van der Waals surface area contributed by atoms with Crippen LogP contribution in [-0.4, -0.2) is 31.2 Å². The van der Waals surface area contributed by atoms with Crippen LogP contribution in [0.25, 0.3) is 22.2 Å². The van der Waals surface area contributed by atoms with Crippen molar-refractivity contribution in [2.75, 3.05) is 0 Å². The summed E-state index contributed by atoms with van der Waals surface area (Å²) in [4.78, 5) is 38.2. The van der Waals surface area contributed by atoms with Gasteiger partial charge < -0.3 is 0 Å². The fourth-order valence-electron chi connectivity index (χ4n) is 3.19. The van der Waals surface area contributed by atoms with Gasteiger partial charge in [0.25, 0.3) is 0 Å². The average molecular weight is 326 g/mol. The van der Waals surface area contributed by atoms with Crippen LogP contribution in [0.15, 0.2) is 61.2 Å². The summed E-state index contributed by atoms with van der Waals surface area (Å²) in [7, 11) is 0. The van der Waals surface area contributed by atoms with Crippen molar-refractivity contribution in [1.29, 1.82) is 0 Å². The molecule has 118 valence electrons. The smallest absolute Gasteiger partial charge is 0.289 e. The van der Waals surface area contributed by atoms with Gasteiger partial charge in [-0.2, -0.15) is 0 Å². The number of nitrogens with zero attached hydrogens (tertiary/aromatic N) is 4. The van der Waals surface area contributed by atoms with Gasteiger partial charge in [0, 0.05) is 34.5 Å². The third-order valence-corrected chi connectivity index (χ3v) is 4.32. The molecular formula is C19H10N4O2. The molecule has 4 aromatic rings. The number of aromatic nitrogens is 4. The van der Waals surface area contributed by atoms with Crippen molar-refractivity contribution in [1.82, 2.24) is 19.5 Å². The van der Waals surface area contributed by atoms with Gasteiger partial charge in [0.05, 0.1) is 11.2 Å². The van der Waals surface area contributed by atoms with Crippen molar-refractivity contribution in [2.45, 2.75) is 0 Å². The van der Waals surface area contributed by atoms with Crippen LogP contribution < -0.4 is 0 Å². The second kappa shape index (κ2) is 4.91. The Hall–Kier alpha value is -3.67. The molecule has 2 aromatic carbocycles. The van der Waals surface area contributed by atoms with Gasteiger partial charge in [-0.3, -0.25) is 14.2 Å². The molecule has 0 radical (unpaired) electrons. The Balaban J connectivity index is 1.86. The third kappa shape index (κ3) is 1.88. The first-order valence-corrected chi connectivity index (χ1v) is 7.71. The zero-order valence-electron chi connectivity index (χ0n) is 12.9. The van der Waals surface area contributed by atoms with Gasteiger partial charge in [0.2, 0.25) is 5.82 Å². The van der Waals surface area contributed by atoms with Crippen LogP contribution in [0.2, 0.25) is 0 Å². The van der Waals surface area contributed by atoms with Crippen LogP contribution in [0.3, 0.4) is 0 Å². The molecule has 0 fully saturated rings. The summed E-state index contributed by atoms with van der Waals surface area (Å²) < 4.78 is 1.33. The highest BCUT2D eigenvalue weighted by molar-refractivity contribution is 6.25. The summed E-state index contributed by atoms with van der Waals surface area (Å²) in [5.74, 6) is -0.344. The lowest BCUT2D eigenvalue weighted by Gasteiger charge is -2.18. The Morgan fingerprint density at radius 1 is 0.920 bits per heavy atom. The highest BCUT2D eigenvalue weighted by atomic mass is 16.2. The predicted molar refractivity (Wildman–Crippen MR) is 90.4 cm³/mol. The van der Waals surface area contributed by atoms with Crippen LogP contribution >= 0.6 is 0 Å². The molecule has 25 heavy (non-hydrogen) atoms. The summed E-state index contributed by atoms with van der Waals surface area (Å²) in [6.07, 6.45) is 4.49. The van der Waals surface area contributed by atoms with Crippen molar-refractivity contribution >= 4 is 22.6 Å². The monoisotopic (exact) mass is 326 g/mol. The van der Waals surface area contributed by atoms with E-state index < -0.39 is 0 Å². The Kier molecular flexibility index (Phi) is 2.70. The van der Waals surface area contributed by atoms with Crippen molar-refractivity contribution in [3.8, 4) is 11.3 Å². The molecule has 2 aromatic heterocycles. The SMILES string of the molecule is O=C1c2ccccc2-c2nc(C(=O)n3ccnc3)nc3cccc1c23. The summed E-state index contributed by atoms with van der Waals surface area (Å²) in [6.45, 7) is 0. The molecule has 0 unspecified atom stereocenters. The zero-order valence-corrected chi connectivity index (χ0v) is 12.9. The number of benzene rings is 2. The molecule has 5 rings (SSSR count). The minimum Gasteiger partial charge on any atom is -0.289 e. The van der Waals surface area contributed by atoms with Gasteiger partial charge in [-0.1, -0.05) is 36.4 Å². The van der Waals surface area contributed by atoms with Crippen LogP contribution in [-0.2, 0) is 0 Å². The minimum atomic E-state index is -0.365. The molecule has 0 amide bonds. The van der Waals surface area contributed by atoms with Crippen LogP contribution in [0.1, 0.15) is 26.5 Å². The zero-order chi connectivity index (χ0) is 17.0. The molecule has 6 heteroatoms. The fraction of sp³-hybridized carbons (Fsp3) is 0. The Bertz CT molecular complexity index is 1180. The molecule has 0 atom stereocenters. The standard InChI is InChI=1S/C19H10N4O2/c24-17-12-5-2-1-4-11(12)16-15-13(17)6-3-7-14(15)21-18(22-16)19(25)23-9-8-20-10-23/h1-10H. The van der Waals surface area contributed by atoms with E-state index >= 15 is 0 Å². The Morgan fingerprint density at radius 3 is 2.52 bits per heavy atom. The first kappa shape index (κ1) is 13.7. The minimum absolute atomic E-state index is 0.0500. The number of rotatable bonds is 1. The van der Waals surface area contributed by atoms with Crippen LogP contribution in [0.4, 0.5) is 0 Å². The second-order valence-corrected chi connectivity index (χ2v) is 5.75. The molecule has 0 saturated heterocycles. The van der Waals surface area contributed by atoms with E-state index in [2.05, 4.69) is 15.0 Å². The highest BCUT2D eigenvalue weighted by Crippen LogP contribution is 2.37. The molecule has 0 saturated carbocycles. The van der Waals surface area contributed by atoms with E-state index in [0.717, 1.165) is 5.56 Å². The van der Waals surface area contributed by atoms with E-state index in [0.29, 0.717) is 27.7 Å². The lowest BCUT2D eigenvalue weighted by Crippen LogP contribution is -2.17. The van der Waals surface area contributed by atoms with Crippen LogP contribution in [0.5, 0.6) is 0 Å². The molecule has 1 aliphatic rings. The van der Waals surface area contributed by atoms with Crippen molar-refractivity contribution < 1.29 is 9.59 Å². The number of carbonyl (C=O) groups excluding carboxylic acids is 2. The fourth-order valence-corrected chi connectivity index (χ4v) is 3.19. The van der Waals surface area contributed by atoms with Gasteiger partial charge >= 0.3 is 5.91 Å². The molecular weight excluding hydrogens is 316 g/mol. The van der Waals surface area contributed by atoms with Crippen molar-refractivity contribution in [2.24, 2.45) is 0 Å². The molecule has 1 aliphatic carbocycles.